The summed E-state index contributed by atoms with van der Waals surface area (Å²) in [5.41, 5.74) is 2.92. The molecule has 2 aromatic rings. The molecule has 0 bridgehead atoms. The lowest BCUT2D eigenvalue weighted by Gasteiger charge is -2.04. The minimum atomic E-state index is -2.86. The maximum atomic E-state index is 12.0. The molecule has 1 N–H and O–H groups in total. The van der Waals surface area contributed by atoms with Crippen LogP contribution in [0.15, 0.2) is 59.7 Å². The highest BCUT2D eigenvalue weighted by Crippen LogP contribution is 2.13. The molecule has 0 aliphatic rings. The Labute approximate surface area is 131 Å². The van der Waals surface area contributed by atoms with Gasteiger partial charge in [-0.3, -0.25) is 4.79 Å². The number of para-hydroxylation sites is 1. The standard InChI is InChI=1S/C16H14F2N2O3/c17-16(18)23-14-8-6-12(7-9-14)10-19-20-15(21)11-22-13-4-2-1-3-5-13/h1-10,16H,11H2,(H,20,21)/b19-10+. The van der Waals surface area contributed by atoms with Gasteiger partial charge in [-0.1, -0.05) is 18.2 Å². The van der Waals surface area contributed by atoms with Crippen LogP contribution in [0.2, 0.25) is 0 Å². The van der Waals surface area contributed by atoms with E-state index in [-0.39, 0.29) is 12.4 Å². The molecule has 0 radical (unpaired) electrons. The van der Waals surface area contributed by atoms with Gasteiger partial charge in [0.15, 0.2) is 6.61 Å². The molecule has 1 amide bonds. The molecule has 2 rings (SSSR count). The summed E-state index contributed by atoms with van der Waals surface area (Å²) < 4.78 is 33.5. The minimum Gasteiger partial charge on any atom is -0.484 e. The number of nitrogens with zero attached hydrogens (tertiary/aromatic N) is 1. The third-order valence-corrected chi connectivity index (χ3v) is 2.62. The van der Waals surface area contributed by atoms with Crippen LogP contribution in [0.25, 0.3) is 0 Å². The number of amides is 1. The number of carbonyl (C=O) groups is 1. The summed E-state index contributed by atoms with van der Waals surface area (Å²) in [5.74, 6) is 0.224. The zero-order chi connectivity index (χ0) is 16.5. The van der Waals surface area contributed by atoms with Crippen LogP contribution in [-0.2, 0) is 4.79 Å². The van der Waals surface area contributed by atoms with Gasteiger partial charge < -0.3 is 9.47 Å². The Morgan fingerprint density at radius 3 is 2.43 bits per heavy atom. The maximum absolute atomic E-state index is 12.0. The molecular formula is C16H14F2N2O3. The Hall–Kier alpha value is -2.96. The zero-order valence-electron chi connectivity index (χ0n) is 12.0. The lowest BCUT2D eigenvalue weighted by molar-refractivity contribution is -0.123. The Morgan fingerprint density at radius 1 is 1.09 bits per heavy atom. The molecular weight excluding hydrogens is 306 g/mol. The van der Waals surface area contributed by atoms with Crippen molar-refractivity contribution in [3.63, 3.8) is 0 Å². The van der Waals surface area contributed by atoms with Gasteiger partial charge >= 0.3 is 6.61 Å². The van der Waals surface area contributed by atoms with E-state index in [9.17, 15) is 13.6 Å². The Balaban J connectivity index is 1.76. The lowest BCUT2D eigenvalue weighted by Crippen LogP contribution is -2.24. The fourth-order valence-electron chi connectivity index (χ4n) is 1.61. The van der Waals surface area contributed by atoms with E-state index in [4.69, 9.17) is 4.74 Å². The first kappa shape index (κ1) is 16.4. The smallest absolute Gasteiger partial charge is 0.387 e. The summed E-state index contributed by atoms with van der Waals surface area (Å²) in [6.45, 7) is -3.03. The van der Waals surface area contributed by atoms with Crippen molar-refractivity contribution in [1.29, 1.82) is 0 Å². The van der Waals surface area contributed by atoms with Crippen LogP contribution in [0.4, 0.5) is 8.78 Å². The number of hydrazone groups is 1. The van der Waals surface area contributed by atoms with Gasteiger partial charge in [0.1, 0.15) is 11.5 Å². The third-order valence-electron chi connectivity index (χ3n) is 2.62. The third kappa shape index (κ3) is 6.13. The average Bonchev–Trinajstić information content (AvgIpc) is 2.55. The van der Waals surface area contributed by atoms with Crippen LogP contribution in [0.5, 0.6) is 11.5 Å². The van der Waals surface area contributed by atoms with E-state index < -0.39 is 12.5 Å². The quantitative estimate of drug-likeness (QED) is 0.630. The first-order chi connectivity index (χ1) is 11.1. The molecule has 0 fully saturated rings. The Bertz CT molecular complexity index is 646. The van der Waals surface area contributed by atoms with Crippen molar-refractivity contribution < 1.29 is 23.0 Å². The fourth-order valence-corrected chi connectivity index (χ4v) is 1.61. The van der Waals surface area contributed by atoms with Crippen LogP contribution < -0.4 is 14.9 Å². The fraction of sp³-hybridized carbons (Fsp3) is 0.125. The van der Waals surface area contributed by atoms with Gasteiger partial charge in [-0.05, 0) is 42.0 Å². The van der Waals surface area contributed by atoms with Gasteiger partial charge in [-0.15, -0.1) is 0 Å². The van der Waals surface area contributed by atoms with Crippen LogP contribution in [0, 0.1) is 0 Å². The molecule has 7 heteroatoms. The number of ether oxygens (including phenoxy) is 2. The molecule has 0 aliphatic carbocycles. The molecule has 0 aliphatic heterocycles. The predicted octanol–water partition coefficient (Wildman–Crippen LogP) is 2.82. The zero-order valence-corrected chi connectivity index (χ0v) is 12.0. The molecule has 2 aromatic carbocycles. The largest absolute Gasteiger partial charge is 0.484 e. The van der Waals surface area contributed by atoms with Gasteiger partial charge in [-0.25, -0.2) is 5.43 Å². The van der Waals surface area contributed by atoms with Crippen molar-refractivity contribution in [3.8, 4) is 11.5 Å². The molecule has 0 atom stereocenters. The molecule has 0 saturated carbocycles. The van der Waals surface area contributed by atoms with Crippen molar-refractivity contribution >= 4 is 12.1 Å². The SMILES string of the molecule is O=C(COc1ccccc1)N/N=C/c1ccc(OC(F)F)cc1. The normalized spacial score (nSPS) is 10.7. The lowest BCUT2D eigenvalue weighted by atomic mass is 10.2. The summed E-state index contributed by atoms with van der Waals surface area (Å²) in [4.78, 5) is 11.5. The van der Waals surface area contributed by atoms with Crippen molar-refractivity contribution in [3.05, 3.63) is 60.2 Å². The monoisotopic (exact) mass is 320 g/mol. The van der Waals surface area contributed by atoms with Gasteiger partial charge in [0.2, 0.25) is 0 Å². The highest BCUT2D eigenvalue weighted by Gasteiger charge is 2.03. The van der Waals surface area contributed by atoms with E-state index in [1.165, 1.54) is 30.5 Å². The molecule has 0 aromatic heterocycles. The number of hydrogen-bond donors (Lipinski definition) is 1. The summed E-state index contributed by atoms with van der Waals surface area (Å²) in [6, 6.07) is 14.7. The van der Waals surface area contributed by atoms with E-state index in [0.29, 0.717) is 11.3 Å². The number of alkyl halides is 2. The van der Waals surface area contributed by atoms with Crippen molar-refractivity contribution in [2.45, 2.75) is 6.61 Å². The summed E-state index contributed by atoms with van der Waals surface area (Å²) in [7, 11) is 0. The highest BCUT2D eigenvalue weighted by molar-refractivity contribution is 5.83. The Kier molecular flexibility index (Phi) is 6.05. The first-order valence-corrected chi connectivity index (χ1v) is 6.68. The molecule has 0 unspecified atom stereocenters. The number of nitrogens with one attached hydrogen (secondary N) is 1. The van der Waals surface area contributed by atoms with E-state index in [2.05, 4.69) is 15.3 Å². The summed E-state index contributed by atoms with van der Waals surface area (Å²) >= 11 is 0. The van der Waals surface area contributed by atoms with E-state index in [1.807, 2.05) is 6.07 Å². The molecule has 23 heavy (non-hydrogen) atoms. The summed E-state index contributed by atoms with van der Waals surface area (Å²) in [5, 5.41) is 3.75. The molecule has 0 saturated heterocycles. The molecule has 120 valence electrons. The van der Waals surface area contributed by atoms with Gasteiger partial charge in [0.05, 0.1) is 6.21 Å². The van der Waals surface area contributed by atoms with Crippen LogP contribution >= 0.6 is 0 Å². The first-order valence-electron chi connectivity index (χ1n) is 6.68. The second kappa shape index (κ2) is 8.47. The Morgan fingerprint density at radius 2 is 1.78 bits per heavy atom. The van der Waals surface area contributed by atoms with Crippen molar-refractivity contribution in [2.75, 3.05) is 6.61 Å². The van der Waals surface area contributed by atoms with Crippen LogP contribution in [0.3, 0.4) is 0 Å². The second-order valence-corrected chi connectivity index (χ2v) is 4.34. The second-order valence-electron chi connectivity index (χ2n) is 4.34. The maximum Gasteiger partial charge on any atom is 0.387 e. The number of benzene rings is 2. The van der Waals surface area contributed by atoms with Gasteiger partial charge in [0, 0.05) is 0 Å². The van der Waals surface area contributed by atoms with Gasteiger partial charge in [0.25, 0.3) is 5.91 Å². The average molecular weight is 320 g/mol. The predicted molar refractivity (Wildman–Crippen MR) is 80.7 cm³/mol. The number of rotatable bonds is 7. The van der Waals surface area contributed by atoms with Crippen LogP contribution in [-0.4, -0.2) is 25.3 Å². The molecule has 5 nitrogen and oxygen atoms in total. The van der Waals surface area contributed by atoms with Gasteiger partial charge in [-0.2, -0.15) is 13.9 Å². The highest BCUT2D eigenvalue weighted by atomic mass is 19.3. The van der Waals surface area contributed by atoms with E-state index in [1.54, 1.807) is 24.3 Å². The van der Waals surface area contributed by atoms with Crippen molar-refractivity contribution in [2.24, 2.45) is 5.10 Å². The molecule has 0 spiro atoms. The van der Waals surface area contributed by atoms with Crippen LogP contribution in [0.1, 0.15) is 5.56 Å². The van der Waals surface area contributed by atoms with Crippen molar-refractivity contribution in [1.82, 2.24) is 5.43 Å². The van der Waals surface area contributed by atoms with E-state index >= 15 is 0 Å². The number of carbonyl (C=O) groups excluding carboxylic acids is 1. The topological polar surface area (TPSA) is 59.9 Å². The molecule has 0 heterocycles. The minimum absolute atomic E-state index is 0.0532. The number of halogens is 2. The summed E-state index contributed by atoms with van der Waals surface area (Å²) in [6.07, 6.45) is 1.38. The van der Waals surface area contributed by atoms with E-state index in [0.717, 1.165) is 0 Å². The number of hydrogen-bond acceptors (Lipinski definition) is 4.